The molecular weight excluding hydrogens is 230 g/mol. The second-order valence-corrected chi connectivity index (χ2v) is 5.19. The van der Waals surface area contributed by atoms with Crippen molar-refractivity contribution in [1.29, 1.82) is 0 Å². The first-order valence-corrected chi connectivity index (χ1v) is 6.87. The Morgan fingerprint density at radius 1 is 1.22 bits per heavy atom. The zero-order valence-corrected chi connectivity index (χ0v) is 12.3. The maximum absolute atomic E-state index is 12.4. The molecule has 1 unspecified atom stereocenters. The van der Waals surface area contributed by atoms with Crippen molar-refractivity contribution < 1.29 is 14.7 Å². The molecule has 0 aromatic carbocycles. The molecule has 0 aliphatic rings. The first kappa shape index (κ1) is 16.9. The smallest absolute Gasteiger partial charge is 0.329 e. The highest BCUT2D eigenvalue weighted by molar-refractivity contribution is 5.87. The maximum atomic E-state index is 12.4. The summed E-state index contributed by atoms with van der Waals surface area (Å²) < 4.78 is 0. The summed E-state index contributed by atoms with van der Waals surface area (Å²) in [5, 5.41) is 9.23. The molecule has 18 heavy (non-hydrogen) atoms. The minimum Gasteiger partial charge on any atom is -0.480 e. The summed E-state index contributed by atoms with van der Waals surface area (Å²) in [4.78, 5) is 25.2. The van der Waals surface area contributed by atoms with Crippen LogP contribution >= 0.6 is 0 Å². The van der Waals surface area contributed by atoms with Crippen LogP contribution in [0.25, 0.3) is 0 Å². The number of carbonyl (C=O) groups excluding carboxylic acids is 1. The number of aliphatic carboxylic acids is 1. The van der Waals surface area contributed by atoms with Gasteiger partial charge in [-0.1, -0.05) is 26.7 Å². The first-order valence-electron chi connectivity index (χ1n) is 6.87. The molecule has 0 fully saturated rings. The Morgan fingerprint density at radius 2 is 1.78 bits per heavy atom. The van der Waals surface area contributed by atoms with Crippen molar-refractivity contribution >= 4 is 11.9 Å². The number of likely N-dealkylation sites (N-methyl/N-ethyl adjacent to an activating group) is 1. The quantitative estimate of drug-likeness (QED) is 0.727. The van der Waals surface area contributed by atoms with Crippen LogP contribution in [0.3, 0.4) is 0 Å². The molecule has 0 aromatic rings. The molecule has 0 rings (SSSR count). The third-order valence-electron chi connectivity index (χ3n) is 3.53. The maximum Gasteiger partial charge on any atom is 0.329 e. The van der Waals surface area contributed by atoms with E-state index in [0.717, 1.165) is 25.7 Å². The summed E-state index contributed by atoms with van der Waals surface area (Å²) >= 11 is 0. The van der Waals surface area contributed by atoms with E-state index in [9.17, 15) is 14.7 Å². The molecule has 0 aliphatic heterocycles. The van der Waals surface area contributed by atoms with E-state index in [2.05, 4.69) is 6.92 Å². The standard InChI is InChI=1S/C14H27NO3/c1-6-9-10-11(7-2)12(16)15(8-3)14(4,5)13(17)18/h11H,6-10H2,1-5H3,(H,17,18). The van der Waals surface area contributed by atoms with E-state index in [-0.39, 0.29) is 11.8 Å². The monoisotopic (exact) mass is 257 g/mol. The highest BCUT2D eigenvalue weighted by Gasteiger charge is 2.38. The molecule has 0 saturated heterocycles. The number of unbranched alkanes of at least 4 members (excludes halogenated alkanes) is 1. The van der Waals surface area contributed by atoms with E-state index >= 15 is 0 Å². The zero-order chi connectivity index (χ0) is 14.3. The molecule has 0 bridgehead atoms. The lowest BCUT2D eigenvalue weighted by molar-refractivity contribution is -0.158. The Kier molecular flexibility index (Phi) is 6.96. The van der Waals surface area contributed by atoms with Crippen LogP contribution in [0.5, 0.6) is 0 Å². The lowest BCUT2D eigenvalue weighted by Gasteiger charge is -2.36. The third-order valence-corrected chi connectivity index (χ3v) is 3.53. The van der Waals surface area contributed by atoms with Gasteiger partial charge in [0.15, 0.2) is 0 Å². The van der Waals surface area contributed by atoms with Crippen molar-refractivity contribution in [3.63, 3.8) is 0 Å². The predicted octanol–water partition coefficient (Wildman–Crippen LogP) is 2.91. The molecule has 0 spiro atoms. The number of carboxylic acids is 1. The van der Waals surface area contributed by atoms with Crippen LogP contribution in [0, 0.1) is 5.92 Å². The number of rotatable bonds is 8. The van der Waals surface area contributed by atoms with Gasteiger partial charge in [-0.05, 0) is 33.6 Å². The summed E-state index contributed by atoms with van der Waals surface area (Å²) in [6.45, 7) is 9.51. The molecule has 0 aromatic heterocycles. The number of hydrogen-bond acceptors (Lipinski definition) is 2. The number of carbonyl (C=O) groups is 2. The lowest BCUT2D eigenvalue weighted by Crippen LogP contribution is -2.54. The number of nitrogens with zero attached hydrogens (tertiary/aromatic N) is 1. The minimum atomic E-state index is -1.13. The van der Waals surface area contributed by atoms with Gasteiger partial charge in [-0.15, -0.1) is 0 Å². The molecule has 0 radical (unpaired) electrons. The van der Waals surface area contributed by atoms with Gasteiger partial charge in [0.05, 0.1) is 0 Å². The van der Waals surface area contributed by atoms with E-state index in [1.54, 1.807) is 13.8 Å². The number of carboxylic acid groups (broad SMARTS) is 1. The van der Waals surface area contributed by atoms with Crippen molar-refractivity contribution in [2.75, 3.05) is 6.54 Å². The number of hydrogen-bond donors (Lipinski definition) is 1. The molecule has 0 saturated carbocycles. The van der Waals surface area contributed by atoms with E-state index in [1.165, 1.54) is 4.90 Å². The molecular formula is C14H27NO3. The SMILES string of the molecule is CCCCC(CC)C(=O)N(CC)C(C)(C)C(=O)O. The highest BCUT2D eigenvalue weighted by Crippen LogP contribution is 2.22. The van der Waals surface area contributed by atoms with Gasteiger partial charge in [-0.3, -0.25) is 4.79 Å². The summed E-state index contributed by atoms with van der Waals surface area (Å²) in [7, 11) is 0. The predicted molar refractivity (Wildman–Crippen MR) is 72.4 cm³/mol. The van der Waals surface area contributed by atoms with Gasteiger partial charge < -0.3 is 10.0 Å². The molecule has 4 nitrogen and oxygen atoms in total. The summed E-state index contributed by atoms with van der Waals surface area (Å²) in [6, 6.07) is 0. The van der Waals surface area contributed by atoms with Gasteiger partial charge in [0.1, 0.15) is 5.54 Å². The van der Waals surface area contributed by atoms with Crippen molar-refractivity contribution in [2.45, 2.75) is 65.8 Å². The highest BCUT2D eigenvalue weighted by atomic mass is 16.4. The molecule has 1 atom stereocenters. The van der Waals surface area contributed by atoms with Crippen LogP contribution in [-0.4, -0.2) is 34.0 Å². The van der Waals surface area contributed by atoms with E-state index in [4.69, 9.17) is 0 Å². The average molecular weight is 257 g/mol. The molecule has 1 N–H and O–H groups in total. The fraction of sp³-hybridized carbons (Fsp3) is 0.857. The van der Waals surface area contributed by atoms with Gasteiger partial charge in [0.2, 0.25) is 5.91 Å². The zero-order valence-electron chi connectivity index (χ0n) is 12.3. The molecule has 106 valence electrons. The average Bonchev–Trinajstić information content (AvgIpc) is 2.30. The first-order chi connectivity index (χ1) is 8.32. The summed E-state index contributed by atoms with van der Waals surface area (Å²) in [6.07, 6.45) is 3.68. The molecule has 0 heterocycles. The molecule has 4 heteroatoms. The van der Waals surface area contributed by atoms with Crippen LogP contribution < -0.4 is 0 Å². The van der Waals surface area contributed by atoms with Gasteiger partial charge in [-0.25, -0.2) is 4.79 Å². The van der Waals surface area contributed by atoms with E-state index in [0.29, 0.717) is 6.54 Å². The van der Waals surface area contributed by atoms with Gasteiger partial charge >= 0.3 is 5.97 Å². The van der Waals surface area contributed by atoms with Crippen molar-refractivity contribution in [3.8, 4) is 0 Å². The van der Waals surface area contributed by atoms with Crippen LogP contribution in [-0.2, 0) is 9.59 Å². The van der Waals surface area contributed by atoms with Crippen LogP contribution in [0.1, 0.15) is 60.3 Å². The van der Waals surface area contributed by atoms with Crippen LogP contribution in [0.15, 0.2) is 0 Å². The summed E-state index contributed by atoms with van der Waals surface area (Å²) in [5.41, 5.74) is -1.13. The normalized spacial score (nSPS) is 13.2. The van der Waals surface area contributed by atoms with Gasteiger partial charge in [-0.2, -0.15) is 0 Å². The third kappa shape index (κ3) is 4.00. The summed E-state index contributed by atoms with van der Waals surface area (Å²) in [5.74, 6) is -1.03. The Labute approximate surface area is 110 Å². The van der Waals surface area contributed by atoms with Gasteiger partial charge in [0.25, 0.3) is 0 Å². The lowest BCUT2D eigenvalue weighted by atomic mass is 9.94. The largest absolute Gasteiger partial charge is 0.480 e. The minimum absolute atomic E-state index is 0.0270. The van der Waals surface area contributed by atoms with Crippen LogP contribution in [0.2, 0.25) is 0 Å². The second-order valence-electron chi connectivity index (χ2n) is 5.19. The van der Waals surface area contributed by atoms with E-state index in [1.807, 2.05) is 13.8 Å². The Balaban J connectivity index is 4.93. The van der Waals surface area contributed by atoms with Gasteiger partial charge in [0, 0.05) is 12.5 Å². The second kappa shape index (κ2) is 7.39. The van der Waals surface area contributed by atoms with Crippen molar-refractivity contribution in [2.24, 2.45) is 5.92 Å². The van der Waals surface area contributed by atoms with Crippen LogP contribution in [0.4, 0.5) is 0 Å². The fourth-order valence-electron chi connectivity index (χ4n) is 2.12. The topological polar surface area (TPSA) is 57.6 Å². The fourth-order valence-corrected chi connectivity index (χ4v) is 2.12. The Morgan fingerprint density at radius 3 is 2.11 bits per heavy atom. The van der Waals surface area contributed by atoms with Crippen molar-refractivity contribution in [1.82, 2.24) is 4.90 Å². The Hall–Kier alpha value is -1.06. The Bertz CT molecular complexity index is 287. The van der Waals surface area contributed by atoms with E-state index < -0.39 is 11.5 Å². The van der Waals surface area contributed by atoms with Crippen molar-refractivity contribution in [3.05, 3.63) is 0 Å². The number of amides is 1. The molecule has 1 amide bonds. The molecule has 0 aliphatic carbocycles.